The molecule has 0 aliphatic heterocycles. The van der Waals surface area contributed by atoms with Crippen LogP contribution < -0.4 is 11.1 Å². The van der Waals surface area contributed by atoms with Crippen molar-refractivity contribution in [3.8, 4) is 0 Å². The van der Waals surface area contributed by atoms with Gasteiger partial charge in [-0.3, -0.25) is 4.79 Å². The first-order valence-electron chi connectivity index (χ1n) is 4.41. The Morgan fingerprint density at radius 3 is 2.93 bits per heavy atom. The number of nitrogens with one attached hydrogen (secondary N) is 1. The maximum Gasteiger partial charge on any atom is 0.245 e. The fourth-order valence-electron chi connectivity index (χ4n) is 0.980. The third kappa shape index (κ3) is 2.17. The summed E-state index contributed by atoms with van der Waals surface area (Å²) < 4.78 is 1.11. The highest BCUT2D eigenvalue weighted by atomic mass is 32.2. The van der Waals surface area contributed by atoms with E-state index in [2.05, 4.69) is 10.3 Å². The fourth-order valence-corrected chi connectivity index (χ4v) is 2.81. The van der Waals surface area contributed by atoms with Crippen LogP contribution in [0.1, 0.15) is 13.8 Å². The number of rotatable bonds is 2. The molecule has 0 radical (unpaired) electrons. The largest absolute Gasteiger partial charge is 0.318 e. The molecule has 0 saturated heterocycles. The Labute approximate surface area is 95.1 Å². The number of hydrogen-bond acceptors (Lipinski definition) is 5. The summed E-state index contributed by atoms with van der Waals surface area (Å²) in [4.78, 5) is 15.8. The molecule has 0 spiro atoms. The number of thiazole rings is 1. The molecule has 2 aromatic heterocycles. The molecular formula is C9H11N3OS2. The van der Waals surface area contributed by atoms with Crippen molar-refractivity contribution in [1.29, 1.82) is 0 Å². The molecule has 0 aliphatic carbocycles. The molecule has 0 unspecified atom stereocenters. The second-order valence-electron chi connectivity index (χ2n) is 3.79. The molecular weight excluding hydrogens is 230 g/mol. The lowest BCUT2D eigenvalue weighted by atomic mass is 10.1. The minimum absolute atomic E-state index is 0.219. The average molecular weight is 241 g/mol. The van der Waals surface area contributed by atoms with E-state index in [1.807, 2.05) is 11.4 Å². The van der Waals surface area contributed by atoms with Gasteiger partial charge in [0.1, 0.15) is 4.01 Å². The van der Waals surface area contributed by atoms with E-state index in [0.717, 1.165) is 9.53 Å². The zero-order valence-electron chi connectivity index (χ0n) is 8.40. The molecule has 2 heterocycles. The number of amides is 1. The third-order valence-electron chi connectivity index (χ3n) is 1.83. The summed E-state index contributed by atoms with van der Waals surface area (Å²) in [5.74, 6) is -0.219. The lowest BCUT2D eigenvalue weighted by Crippen LogP contribution is -2.45. The highest BCUT2D eigenvalue weighted by Crippen LogP contribution is 2.30. The van der Waals surface area contributed by atoms with E-state index >= 15 is 0 Å². The smallest absolute Gasteiger partial charge is 0.245 e. The Balaban J connectivity index is 2.20. The van der Waals surface area contributed by atoms with Crippen molar-refractivity contribution in [2.24, 2.45) is 5.73 Å². The van der Waals surface area contributed by atoms with Gasteiger partial charge in [0, 0.05) is 0 Å². The van der Waals surface area contributed by atoms with Crippen LogP contribution in [0.2, 0.25) is 0 Å². The number of carbonyl (C=O) groups excluding carboxylic acids is 1. The zero-order valence-corrected chi connectivity index (χ0v) is 10.0. The van der Waals surface area contributed by atoms with Gasteiger partial charge < -0.3 is 11.1 Å². The first kappa shape index (κ1) is 10.5. The number of fused-ring (bicyclic) bond motifs is 1. The van der Waals surface area contributed by atoms with Crippen LogP contribution in [0.25, 0.3) is 9.53 Å². The van der Waals surface area contributed by atoms with Crippen molar-refractivity contribution in [3.05, 3.63) is 11.4 Å². The number of nitrogens with two attached hydrogens (primary N) is 1. The number of aromatic nitrogens is 1. The van der Waals surface area contributed by atoms with E-state index in [-0.39, 0.29) is 5.91 Å². The number of thiophene rings is 1. The number of nitrogens with zero attached hydrogens (tertiary/aromatic N) is 1. The molecule has 15 heavy (non-hydrogen) atoms. The van der Waals surface area contributed by atoms with Gasteiger partial charge in [-0.1, -0.05) is 11.3 Å². The summed E-state index contributed by atoms with van der Waals surface area (Å²) in [6.45, 7) is 3.33. The quantitative estimate of drug-likeness (QED) is 0.845. The van der Waals surface area contributed by atoms with Crippen molar-refractivity contribution in [3.63, 3.8) is 0 Å². The molecule has 3 N–H and O–H groups in total. The number of hydrogen-bond donors (Lipinski definition) is 2. The van der Waals surface area contributed by atoms with Crippen molar-refractivity contribution in [2.75, 3.05) is 5.32 Å². The van der Waals surface area contributed by atoms with Gasteiger partial charge in [-0.2, -0.15) is 0 Å². The summed E-state index contributed by atoms with van der Waals surface area (Å²) >= 11 is 3.08. The van der Waals surface area contributed by atoms with Gasteiger partial charge in [0.2, 0.25) is 5.91 Å². The highest BCUT2D eigenvalue weighted by molar-refractivity contribution is 7.39. The summed E-state index contributed by atoms with van der Waals surface area (Å²) in [6, 6.07) is 1.93. The highest BCUT2D eigenvalue weighted by Gasteiger charge is 2.22. The lowest BCUT2D eigenvalue weighted by molar-refractivity contribution is -0.120. The first-order chi connectivity index (χ1) is 6.97. The monoisotopic (exact) mass is 241 g/mol. The summed E-state index contributed by atoms with van der Waals surface area (Å²) in [5.41, 5.74) is 5.71. The summed E-state index contributed by atoms with van der Waals surface area (Å²) in [5, 5.41) is 5.30. The first-order valence-corrected chi connectivity index (χ1v) is 6.11. The van der Waals surface area contributed by atoms with Gasteiger partial charge in [0.25, 0.3) is 0 Å². The van der Waals surface area contributed by atoms with E-state index in [1.165, 1.54) is 11.3 Å². The number of anilines is 1. The minimum Gasteiger partial charge on any atom is -0.318 e. The SMILES string of the molecule is CC(C)(N)C(=O)Nc1nc2ccsc2s1. The molecule has 2 rings (SSSR count). The van der Waals surface area contributed by atoms with Crippen LogP contribution in [-0.2, 0) is 4.79 Å². The molecule has 0 aromatic carbocycles. The molecule has 0 aliphatic rings. The van der Waals surface area contributed by atoms with E-state index < -0.39 is 5.54 Å². The molecule has 4 nitrogen and oxygen atoms in total. The molecule has 80 valence electrons. The van der Waals surface area contributed by atoms with Crippen LogP contribution in [0, 0.1) is 0 Å². The maximum absolute atomic E-state index is 11.6. The molecule has 0 saturated carbocycles. The van der Waals surface area contributed by atoms with Crippen LogP contribution in [-0.4, -0.2) is 16.4 Å². The van der Waals surface area contributed by atoms with E-state index in [1.54, 1.807) is 25.2 Å². The second-order valence-corrected chi connectivity index (χ2v) is 5.96. The van der Waals surface area contributed by atoms with Crippen LogP contribution in [0.3, 0.4) is 0 Å². The maximum atomic E-state index is 11.6. The Hall–Kier alpha value is -0.980. The van der Waals surface area contributed by atoms with Gasteiger partial charge in [-0.25, -0.2) is 4.98 Å². The molecule has 0 bridgehead atoms. The van der Waals surface area contributed by atoms with E-state index in [0.29, 0.717) is 5.13 Å². The predicted octanol–water partition coefficient (Wildman–Crippen LogP) is 2.03. The molecule has 6 heteroatoms. The van der Waals surface area contributed by atoms with Crippen LogP contribution in [0.15, 0.2) is 11.4 Å². The molecule has 0 atom stereocenters. The van der Waals surface area contributed by atoms with Gasteiger partial charge in [0.15, 0.2) is 5.13 Å². The average Bonchev–Trinajstić information content (AvgIpc) is 2.61. The Kier molecular flexibility index (Phi) is 2.49. The molecule has 0 fully saturated rings. The molecule has 2 aromatic rings. The fraction of sp³-hybridized carbons (Fsp3) is 0.333. The predicted molar refractivity (Wildman–Crippen MR) is 64.4 cm³/mol. The van der Waals surface area contributed by atoms with Gasteiger partial charge >= 0.3 is 0 Å². The Morgan fingerprint density at radius 1 is 1.60 bits per heavy atom. The lowest BCUT2D eigenvalue weighted by Gasteiger charge is -2.15. The second kappa shape index (κ2) is 3.55. The van der Waals surface area contributed by atoms with E-state index in [4.69, 9.17) is 5.73 Å². The standard InChI is InChI=1S/C9H11N3OS2/c1-9(2,10)7(13)12-8-11-5-3-4-14-6(5)15-8/h3-4H,10H2,1-2H3,(H,11,12,13). The van der Waals surface area contributed by atoms with Crippen LogP contribution in [0.5, 0.6) is 0 Å². The summed E-state index contributed by atoms with van der Waals surface area (Å²) in [6.07, 6.45) is 0. The minimum atomic E-state index is -0.876. The van der Waals surface area contributed by atoms with Gasteiger partial charge in [-0.15, -0.1) is 11.3 Å². The van der Waals surface area contributed by atoms with Crippen LogP contribution >= 0.6 is 22.7 Å². The topological polar surface area (TPSA) is 68.0 Å². The van der Waals surface area contributed by atoms with Gasteiger partial charge in [0.05, 0.1) is 11.1 Å². The molecule has 1 amide bonds. The van der Waals surface area contributed by atoms with Crippen molar-refractivity contribution < 1.29 is 4.79 Å². The Morgan fingerprint density at radius 2 is 2.33 bits per heavy atom. The summed E-state index contributed by atoms with van der Waals surface area (Å²) in [7, 11) is 0. The third-order valence-corrected chi connectivity index (χ3v) is 3.84. The number of carbonyl (C=O) groups is 1. The van der Waals surface area contributed by atoms with E-state index in [9.17, 15) is 4.79 Å². The van der Waals surface area contributed by atoms with Crippen molar-refractivity contribution >= 4 is 43.2 Å². The normalized spacial score (nSPS) is 11.9. The van der Waals surface area contributed by atoms with Crippen molar-refractivity contribution in [1.82, 2.24) is 4.98 Å². The zero-order chi connectivity index (χ0) is 11.1. The Bertz CT molecular complexity index is 466. The van der Waals surface area contributed by atoms with Gasteiger partial charge in [-0.05, 0) is 25.3 Å². The van der Waals surface area contributed by atoms with Crippen LogP contribution in [0.4, 0.5) is 5.13 Å². The van der Waals surface area contributed by atoms with Crippen molar-refractivity contribution in [2.45, 2.75) is 19.4 Å².